The van der Waals surface area contributed by atoms with E-state index >= 15 is 0 Å². The van der Waals surface area contributed by atoms with Crippen molar-refractivity contribution in [2.24, 2.45) is 11.8 Å². The number of amides is 1. The molecule has 0 unspecified atom stereocenters. The molecule has 2 aromatic rings. The second-order valence-electron chi connectivity index (χ2n) is 8.17. The van der Waals surface area contributed by atoms with Crippen molar-refractivity contribution < 1.29 is 23.9 Å². The number of hydrogen-bond donors (Lipinski definition) is 0. The first-order chi connectivity index (χ1) is 15.1. The first kappa shape index (κ1) is 21.1. The van der Waals surface area contributed by atoms with E-state index in [4.69, 9.17) is 9.47 Å². The minimum absolute atomic E-state index is 0.0271. The highest BCUT2D eigenvalue weighted by atomic mass is 16.5. The summed E-state index contributed by atoms with van der Waals surface area (Å²) in [5.41, 5.74) is 3.26. The van der Waals surface area contributed by atoms with Crippen molar-refractivity contribution in [3.05, 3.63) is 65.2 Å². The minimum Gasteiger partial charge on any atom is -0.465 e. The molecule has 6 heteroatoms. The average Bonchev–Trinajstić information content (AvgIpc) is 3.26. The number of carbonyl (C=O) groups excluding carboxylic acids is 3. The van der Waals surface area contributed by atoms with E-state index in [0.717, 1.165) is 24.9 Å². The first-order valence-electron chi connectivity index (χ1n) is 10.8. The lowest BCUT2D eigenvalue weighted by molar-refractivity contribution is -0.155. The van der Waals surface area contributed by atoms with E-state index in [1.165, 1.54) is 12.7 Å². The molecule has 31 heavy (non-hydrogen) atoms. The number of nitrogens with zero attached hydrogens (tertiary/aromatic N) is 1. The summed E-state index contributed by atoms with van der Waals surface area (Å²) in [5.74, 6) is -1.53. The summed E-state index contributed by atoms with van der Waals surface area (Å²) in [6.45, 7) is 0.727. The molecular weight excluding hydrogens is 394 g/mol. The van der Waals surface area contributed by atoms with E-state index in [-0.39, 0.29) is 24.4 Å². The lowest BCUT2D eigenvalue weighted by Crippen LogP contribution is -2.42. The van der Waals surface area contributed by atoms with Crippen molar-refractivity contribution in [3.63, 3.8) is 0 Å². The molecule has 1 heterocycles. The highest BCUT2D eigenvalue weighted by Gasteiger charge is 2.40. The molecule has 0 saturated heterocycles. The van der Waals surface area contributed by atoms with E-state index in [1.807, 2.05) is 23.1 Å². The van der Waals surface area contributed by atoms with Crippen LogP contribution in [0.5, 0.6) is 0 Å². The quantitative estimate of drug-likeness (QED) is 0.685. The molecule has 162 valence electrons. The Kier molecular flexibility index (Phi) is 6.35. The van der Waals surface area contributed by atoms with Crippen molar-refractivity contribution in [3.8, 4) is 0 Å². The zero-order chi connectivity index (χ0) is 21.8. The zero-order valence-electron chi connectivity index (χ0n) is 17.7. The summed E-state index contributed by atoms with van der Waals surface area (Å²) in [4.78, 5) is 39.9. The molecule has 2 aromatic carbocycles. The Labute approximate surface area is 182 Å². The predicted octanol–water partition coefficient (Wildman–Crippen LogP) is 3.91. The van der Waals surface area contributed by atoms with Crippen LogP contribution in [-0.4, -0.2) is 31.5 Å². The van der Waals surface area contributed by atoms with Gasteiger partial charge in [0.2, 0.25) is 5.91 Å². The van der Waals surface area contributed by atoms with Crippen LogP contribution < -0.4 is 4.90 Å². The molecule has 2 aliphatic rings. The van der Waals surface area contributed by atoms with Crippen LogP contribution in [0.15, 0.2) is 48.5 Å². The van der Waals surface area contributed by atoms with Crippen LogP contribution in [0.2, 0.25) is 0 Å². The molecule has 1 saturated carbocycles. The smallest absolute Gasteiger partial charge is 0.337 e. The van der Waals surface area contributed by atoms with Crippen LogP contribution in [0.25, 0.3) is 0 Å². The third-order valence-corrected chi connectivity index (χ3v) is 6.27. The molecule has 0 N–H and O–H groups in total. The molecule has 4 rings (SSSR count). The number of methoxy groups -OCH3 is 1. The van der Waals surface area contributed by atoms with Crippen molar-refractivity contribution in [1.82, 2.24) is 0 Å². The van der Waals surface area contributed by atoms with Gasteiger partial charge in [-0.2, -0.15) is 0 Å². The molecule has 0 spiro atoms. The lowest BCUT2D eigenvalue weighted by atomic mass is 9.78. The Morgan fingerprint density at radius 3 is 2.58 bits per heavy atom. The van der Waals surface area contributed by atoms with Crippen LogP contribution in [-0.2, 0) is 32.1 Å². The van der Waals surface area contributed by atoms with E-state index in [2.05, 4.69) is 6.07 Å². The standard InChI is InChI=1S/C25H27NO5/c1-30-24(28)19-9-6-7-17(15-19)16-31-25(29)21-11-4-3-10-20(21)23(27)26-14-13-18-8-2-5-12-22(18)26/h2,5-9,12,15,20-21H,3-4,10-11,13-14,16H2,1H3/t20-,21-/m1/s1. The van der Waals surface area contributed by atoms with Crippen LogP contribution >= 0.6 is 0 Å². The summed E-state index contributed by atoms with van der Waals surface area (Å²) >= 11 is 0. The summed E-state index contributed by atoms with van der Waals surface area (Å²) in [6, 6.07) is 14.8. The van der Waals surface area contributed by atoms with E-state index in [0.29, 0.717) is 30.5 Å². The molecule has 0 aromatic heterocycles. The van der Waals surface area contributed by atoms with Gasteiger partial charge in [0.15, 0.2) is 0 Å². The topological polar surface area (TPSA) is 72.9 Å². The van der Waals surface area contributed by atoms with Crippen molar-refractivity contribution in [1.29, 1.82) is 0 Å². The fraction of sp³-hybridized carbons (Fsp3) is 0.400. The zero-order valence-corrected chi connectivity index (χ0v) is 17.7. The number of rotatable bonds is 5. The predicted molar refractivity (Wildman–Crippen MR) is 116 cm³/mol. The van der Waals surface area contributed by atoms with E-state index in [9.17, 15) is 14.4 Å². The number of hydrogen-bond acceptors (Lipinski definition) is 5. The summed E-state index contributed by atoms with van der Waals surface area (Å²) in [7, 11) is 1.33. The maximum Gasteiger partial charge on any atom is 0.337 e. The van der Waals surface area contributed by atoms with Crippen LogP contribution in [0, 0.1) is 11.8 Å². The third kappa shape index (κ3) is 4.48. The Morgan fingerprint density at radius 1 is 1.00 bits per heavy atom. The summed E-state index contributed by atoms with van der Waals surface area (Å²) in [6.07, 6.45) is 4.07. The lowest BCUT2D eigenvalue weighted by Gasteiger charge is -2.32. The summed E-state index contributed by atoms with van der Waals surface area (Å²) in [5, 5.41) is 0. The van der Waals surface area contributed by atoms with Gasteiger partial charge in [-0.05, 0) is 48.6 Å². The van der Waals surface area contributed by atoms with Crippen LogP contribution in [0.3, 0.4) is 0 Å². The molecule has 1 fully saturated rings. The second kappa shape index (κ2) is 9.33. The fourth-order valence-electron chi connectivity index (χ4n) is 4.64. The molecule has 6 nitrogen and oxygen atoms in total. The van der Waals surface area contributed by atoms with Gasteiger partial charge in [-0.25, -0.2) is 4.79 Å². The van der Waals surface area contributed by atoms with Gasteiger partial charge in [0.05, 0.1) is 24.5 Å². The van der Waals surface area contributed by atoms with Gasteiger partial charge < -0.3 is 14.4 Å². The first-order valence-corrected chi connectivity index (χ1v) is 10.8. The fourth-order valence-corrected chi connectivity index (χ4v) is 4.64. The second-order valence-corrected chi connectivity index (χ2v) is 8.17. The molecule has 0 radical (unpaired) electrons. The number of anilines is 1. The molecule has 0 bridgehead atoms. The van der Waals surface area contributed by atoms with Gasteiger partial charge in [-0.1, -0.05) is 43.2 Å². The van der Waals surface area contributed by atoms with Gasteiger partial charge >= 0.3 is 11.9 Å². The van der Waals surface area contributed by atoms with Gasteiger partial charge in [0.1, 0.15) is 6.61 Å². The van der Waals surface area contributed by atoms with E-state index in [1.54, 1.807) is 24.3 Å². The maximum absolute atomic E-state index is 13.4. The number of para-hydroxylation sites is 1. The molecule has 1 aliphatic heterocycles. The Morgan fingerprint density at radius 2 is 1.77 bits per heavy atom. The van der Waals surface area contributed by atoms with Gasteiger partial charge in [0, 0.05) is 12.2 Å². The number of benzene rings is 2. The van der Waals surface area contributed by atoms with Crippen molar-refractivity contribution >= 4 is 23.5 Å². The normalized spacial score (nSPS) is 20.1. The maximum atomic E-state index is 13.4. The largest absolute Gasteiger partial charge is 0.465 e. The van der Waals surface area contributed by atoms with Crippen LogP contribution in [0.1, 0.15) is 47.2 Å². The summed E-state index contributed by atoms with van der Waals surface area (Å²) < 4.78 is 10.3. The molecule has 2 atom stereocenters. The van der Waals surface area contributed by atoms with Crippen molar-refractivity contribution in [2.45, 2.75) is 38.7 Å². The van der Waals surface area contributed by atoms with Crippen molar-refractivity contribution in [2.75, 3.05) is 18.6 Å². The molecular formula is C25H27NO5. The number of ether oxygens (including phenoxy) is 2. The Bertz CT molecular complexity index is 985. The molecule has 1 amide bonds. The highest BCUT2D eigenvalue weighted by molar-refractivity contribution is 5.99. The monoisotopic (exact) mass is 421 g/mol. The highest BCUT2D eigenvalue weighted by Crippen LogP contribution is 2.36. The minimum atomic E-state index is -0.433. The molecule has 1 aliphatic carbocycles. The average molecular weight is 421 g/mol. The van der Waals surface area contributed by atoms with E-state index < -0.39 is 11.9 Å². The number of fused-ring (bicyclic) bond motifs is 1. The van der Waals surface area contributed by atoms with Crippen LogP contribution in [0.4, 0.5) is 5.69 Å². The third-order valence-electron chi connectivity index (χ3n) is 6.27. The Balaban J connectivity index is 1.43. The number of carbonyl (C=O) groups is 3. The SMILES string of the molecule is COC(=O)c1cccc(COC(=O)[C@@H]2CCCC[C@H]2C(=O)N2CCc3ccccc32)c1. The van der Waals surface area contributed by atoms with Gasteiger partial charge in [0.25, 0.3) is 0 Å². The van der Waals surface area contributed by atoms with Gasteiger partial charge in [-0.3, -0.25) is 9.59 Å². The Hall–Kier alpha value is -3.15. The van der Waals surface area contributed by atoms with Gasteiger partial charge in [-0.15, -0.1) is 0 Å². The number of esters is 2.